The van der Waals surface area contributed by atoms with Crippen molar-refractivity contribution in [1.82, 2.24) is 20.3 Å². The zero-order chi connectivity index (χ0) is 27.7. The number of carboxylic acid groups (broad SMARTS) is 1. The highest BCUT2D eigenvalue weighted by atomic mass is 32.2. The summed E-state index contributed by atoms with van der Waals surface area (Å²) in [5, 5.41) is 22.2. The van der Waals surface area contributed by atoms with Crippen molar-refractivity contribution in [2.75, 3.05) is 6.54 Å². The van der Waals surface area contributed by atoms with Crippen LogP contribution in [0.15, 0.2) is 76.4 Å². The van der Waals surface area contributed by atoms with Crippen LogP contribution in [0.5, 0.6) is 0 Å². The third-order valence-corrected chi connectivity index (χ3v) is 6.96. The number of aryl methyl sites for hydroxylation is 1. The number of aliphatic carboxylic acids is 1. The van der Waals surface area contributed by atoms with Crippen LogP contribution in [0, 0.1) is 12.3 Å². The summed E-state index contributed by atoms with van der Waals surface area (Å²) in [5.41, 5.74) is 1.64. The Morgan fingerprint density at radius 1 is 1.03 bits per heavy atom. The number of sulfonamides is 1. The number of nitrogens with one attached hydrogen (secondary N) is 5. The molecule has 0 bridgehead atoms. The third-order valence-electron chi connectivity index (χ3n) is 5.59. The maximum absolute atomic E-state index is 12.6. The molecule has 12 heteroatoms. The molecule has 0 aliphatic rings. The number of rotatable bonds is 11. The Morgan fingerprint density at radius 2 is 1.71 bits per heavy atom. The van der Waals surface area contributed by atoms with Crippen LogP contribution in [0.1, 0.15) is 40.0 Å². The van der Waals surface area contributed by atoms with Gasteiger partial charge in [0.25, 0.3) is 21.5 Å². The fourth-order valence-electron chi connectivity index (χ4n) is 3.57. The minimum Gasteiger partial charge on any atom is -0.480 e. The number of hydrogen-bond donors (Lipinski definition) is 6. The van der Waals surface area contributed by atoms with Gasteiger partial charge in [0.1, 0.15) is 11.6 Å². The molecular weight excluding hydrogens is 510 g/mol. The number of hydrogen-bond acceptors (Lipinski definition) is 6. The van der Waals surface area contributed by atoms with E-state index in [1.807, 2.05) is 37.3 Å². The molecule has 1 aromatic heterocycles. The molecule has 0 radical (unpaired) electrons. The van der Waals surface area contributed by atoms with Gasteiger partial charge in [-0.1, -0.05) is 48.0 Å². The van der Waals surface area contributed by atoms with Gasteiger partial charge in [-0.25, -0.2) is 17.9 Å². The molecule has 3 aromatic rings. The highest BCUT2D eigenvalue weighted by molar-refractivity contribution is 7.90. The topological polar surface area (TPSA) is 181 Å². The number of aromatic amines is 1. The van der Waals surface area contributed by atoms with E-state index in [4.69, 9.17) is 5.41 Å². The standard InChI is InChI=1S/C26H29N5O6S/c1-17-9-12-20(13-10-17)38(36,37)31-26(27)28-15-5-8-22(25(34)35)30-24(33)21-14-11-19(29-23(21)32)16-18-6-3-2-4-7-18/h2-4,6-7,9-14,22H,5,8,15-16H2,1H3,(H,29,32)(H,30,33)(H,34,35)(H3,27,28,31)/t22-/m0/s1. The smallest absolute Gasteiger partial charge is 0.326 e. The van der Waals surface area contributed by atoms with Crippen LogP contribution in [0.3, 0.4) is 0 Å². The fourth-order valence-corrected chi connectivity index (χ4v) is 4.53. The molecule has 0 saturated carbocycles. The largest absolute Gasteiger partial charge is 0.480 e. The molecule has 0 saturated heterocycles. The van der Waals surface area contributed by atoms with Crippen molar-refractivity contribution in [3.05, 3.63) is 99.5 Å². The second-order valence-corrected chi connectivity index (χ2v) is 10.3. The Kier molecular flexibility index (Phi) is 9.39. The lowest BCUT2D eigenvalue weighted by Crippen LogP contribution is -2.44. The molecule has 6 N–H and O–H groups in total. The van der Waals surface area contributed by atoms with Crippen LogP contribution < -0.4 is 20.9 Å². The van der Waals surface area contributed by atoms with Gasteiger partial charge >= 0.3 is 5.97 Å². The van der Waals surface area contributed by atoms with Gasteiger partial charge in [-0.15, -0.1) is 0 Å². The maximum Gasteiger partial charge on any atom is 0.326 e. The quantitative estimate of drug-likeness (QED) is 0.122. The lowest BCUT2D eigenvalue weighted by molar-refractivity contribution is -0.139. The van der Waals surface area contributed by atoms with Crippen LogP contribution >= 0.6 is 0 Å². The number of carboxylic acids is 1. The summed E-state index contributed by atoms with van der Waals surface area (Å²) < 4.78 is 26.8. The summed E-state index contributed by atoms with van der Waals surface area (Å²) in [7, 11) is -3.94. The van der Waals surface area contributed by atoms with Crippen LogP contribution in [-0.4, -0.2) is 48.9 Å². The SMILES string of the molecule is Cc1ccc(S(=O)(=O)NC(=N)NCCC[C@H](NC(=O)c2ccc(Cc3ccccc3)[nH]c2=O)C(=O)O)cc1. The third kappa shape index (κ3) is 8.03. The summed E-state index contributed by atoms with van der Waals surface area (Å²) in [6.07, 6.45) is 0.646. The van der Waals surface area contributed by atoms with E-state index in [9.17, 15) is 27.9 Å². The van der Waals surface area contributed by atoms with Gasteiger partial charge in [-0.2, -0.15) is 0 Å². The number of benzene rings is 2. The average molecular weight is 540 g/mol. The molecule has 1 amide bonds. The number of carbonyl (C=O) groups excluding carboxylic acids is 1. The molecule has 38 heavy (non-hydrogen) atoms. The van der Waals surface area contributed by atoms with E-state index in [0.29, 0.717) is 12.1 Å². The molecule has 2 aromatic carbocycles. The van der Waals surface area contributed by atoms with Crippen LogP contribution in [-0.2, 0) is 21.2 Å². The zero-order valence-electron chi connectivity index (χ0n) is 20.7. The second-order valence-electron chi connectivity index (χ2n) is 8.62. The van der Waals surface area contributed by atoms with Crippen molar-refractivity contribution in [1.29, 1.82) is 5.41 Å². The van der Waals surface area contributed by atoms with E-state index in [0.717, 1.165) is 11.1 Å². The van der Waals surface area contributed by atoms with E-state index < -0.39 is 39.5 Å². The van der Waals surface area contributed by atoms with E-state index in [1.54, 1.807) is 18.2 Å². The normalized spacial score (nSPS) is 11.8. The predicted molar refractivity (Wildman–Crippen MR) is 142 cm³/mol. The number of guanidine groups is 1. The molecule has 1 atom stereocenters. The van der Waals surface area contributed by atoms with E-state index in [1.165, 1.54) is 18.2 Å². The highest BCUT2D eigenvalue weighted by Crippen LogP contribution is 2.10. The van der Waals surface area contributed by atoms with Crippen LogP contribution in [0.25, 0.3) is 0 Å². The number of pyridine rings is 1. The highest BCUT2D eigenvalue weighted by Gasteiger charge is 2.22. The summed E-state index contributed by atoms with van der Waals surface area (Å²) in [5.74, 6) is -2.58. The predicted octanol–water partition coefficient (Wildman–Crippen LogP) is 1.74. The molecule has 0 aliphatic heterocycles. The monoisotopic (exact) mass is 539 g/mol. The average Bonchev–Trinajstić information content (AvgIpc) is 2.86. The Labute approximate surface area is 219 Å². The number of carbonyl (C=O) groups is 2. The molecule has 3 rings (SSSR count). The molecule has 0 unspecified atom stereocenters. The van der Waals surface area contributed by atoms with Gasteiger partial charge in [0.15, 0.2) is 0 Å². The summed E-state index contributed by atoms with van der Waals surface area (Å²) in [4.78, 5) is 39.3. The van der Waals surface area contributed by atoms with E-state index in [2.05, 4.69) is 20.3 Å². The van der Waals surface area contributed by atoms with Crippen molar-refractivity contribution >= 4 is 27.9 Å². The number of aromatic nitrogens is 1. The van der Waals surface area contributed by atoms with Gasteiger partial charge in [-0.05, 0) is 49.6 Å². The van der Waals surface area contributed by atoms with Gasteiger partial charge < -0.3 is 20.7 Å². The molecule has 0 aliphatic carbocycles. The first-order chi connectivity index (χ1) is 18.0. The maximum atomic E-state index is 12.6. The molecule has 11 nitrogen and oxygen atoms in total. The first-order valence-electron chi connectivity index (χ1n) is 11.8. The lowest BCUT2D eigenvalue weighted by atomic mass is 10.1. The van der Waals surface area contributed by atoms with E-state index >= 15 is 0 Å². The zero-order valence-corrected chi connectivity index (χ0v) is 21.5. The number of H-pyrrole nitrogens is 1. The number of amides is 1. The van der Waals surface area contributed by atoms with Crippen molar-refractivity contribution in [3.63, 3.8) is 0 Å². The van der Waals surface area contributed by atoms with Gasteiger partial charge in [-0.3, -0.25) is 15.0 Å². The van der Waals surface area contributed by atoms with Gasteiger partial charge in [0.05, 0.1) is 4.90 Å². The molecule has 0 fully saturated rings. The minimum atomic E-state index is -3.94. The minimum absolute atomic E-state index is 0.00592. The van der Waals surface area contributed by atoms with Crippen molar-refractivity contribution in [2.24, 2.45) is 0 Å². The molecule has 1 heterocycles. The van der Waals surface area contributed by atoms with Crippen LogP contribution in [0.2, 0.25) is 0 Å². The molecular formula is C26H29N5O6S. The molecule has 0 spiro atoms. The fraction of sp³-hybridized carbons (Fsp3) is 0.231. The first kappa shape index (κ1) is 28.1. The van der Waals surface area contributed by atoms with Gasteiger partial charge in [0, 0.05) is 18.7 Å². The Balaban J connectivity index is 1.50. The van der Waals surface area contributed by atoms with Crippen LogP contribution in [0.4, 0.5) is 0 Å². The summed E-state index contributed by atoms with van der Waals surface area (Å²) >= 11 is 0. The second kappa shape index (κ2) is 12.7. The summed E-state index contributed by atoms with van der Waals surface area (Å²) in [6.45, 7) is 1.89. The Hall–Kier alpha value is -4.45. The Bertz CT molecular complexity index is 1450. The van der Waals surface area contributed by atoms with E-state index in [-0.39, 0.29) is 29.8 Å². The van der Waals surface area contributed by atoms with Crippen molar-refractivity contribution in [3.8, 4) is 0 Å². The lowest BCUT2D eigenvalue weighted by Gasteiger charge is -2.15. The van der Waals surface area contributed by atoms with Crippen molar-refractivity contribution < 1.29 is 23.1 Å². The molecule has 200 valence electrons. The Morgan fingerprint density at radius 3 is 2.34 bits per heavy atom. The first-order valence-corrected chi connectivity index (χ1v) is 13.2. The summed E-state index contributed by atoms with van der Waals surface area (Å²) in [6, 6.07) is 17.3. The van der Waals surface area contributed by atoms with Gasteiger partial charge in [0.2, 0.25) is 5.96 Å². The van der Waals surface area contributed by atoms with Crippen molar-refractivity contribution in [2.45, 2.75) is 37.1 Å².